The van der Waals surface area contributed by atoms with Crippen LogP contribution in [0.1, 0.15) is 18.9 Å². The molecule has 0 radical (unpaired) electrons. The van der Waals surface area contributed by atoms with Crippen molar-refractivity contribution in [2.45, 2.75) is 38.4 Å². The molecule has 35 heavy (non-hydrogen) atoms. The van der Waals surface area contributed by atoms with Crippen LogP contribution >= 0.6 is 0 Å². The maximum absolute atomic E-state index is 14.7. The summed E-state index contributed by atoms with van der Waals surface area (Å²) in [5.41, 5.74) is 2.60. The van der Waals surface area contributed by atoms with E-state index in [0.29, 0.717) is 46.8 Å². The second kappa shape index (κ2) is 9.04. The average molecular weight is 487 g/mol. The highest BCUT2D eigenvalue weighted by molar-refractivity contribution is 5.87. The van der Waals surface area contributed by atoms with Crippen LogP contribution in [0.15, 0.2) is 30.7 Å². The minimum absolute atomic E-state index is 0.0259. The van der Waals surface area contributed by atoms with E-state index in [2.05, 4.69) is 30.8 Å². The molecule has 1 aliphatic rings. The van der Waals surface area contributed by atoms with Gasteiger partial charge in [0.25, 0.3) is 0 Å². The van der Waals surface area contributed by atoms with Crippen LogP contribution in [0.3, 0.4) is 0 Å². The van der Waals surface area contributed by atoms with Crippen LogP contribution in [0.5, 0.6) is 0 Å². The van der Waals surface area contributed by atoms with Gasteiger partial charge in [-0.25, -0.2) is 27.2 Å². The molecule has 0 aromatic carbocycles. The Balaban J connectivity index is 1.47. The van der Waals surface area contributed by atoms with Gasteiger partial charge >= 0.3 is 0 Å². The van der Waals surface area contributed by atoms with Crippen LogP contribution < -0.4 is 10.6 Å². The Morgan fingerprint density at radius 1 is 1.23 bits per heavy atom. The molecule has 0 saturated carbocycles. The molecule has 5 rings (SSSR count). The third-order valence-electron chi connectivity index (χ3n) is 6.14. The highest BCUT2D eigenvalue weighted by atomic mass is 19.3. The molecule has 4 aromatic heterocycles. The van der Waals surface area contributed by atoms with Gasteiger partial charge in [-0.3, -0.25) is 4.79 Å². The predicted octanol–water partition coefficient (Wildman–Crippen LogP) is 2.66. The smallest absolute Gasteiger partial charge is 0.243 e. The summed E-state index contributed by atoms with van der Waals surface area (Å²) in [5, 5.41) is 14.7. The monoisotopic (exact) mass is 487 g/mol. The molecule has 10 nitrogen and oxygen atoms in total. The summed E-state index contributed by atoms with van der Waals surface area (Å²) in [4.78, 5) is 22.1. The lowest BCUT2D eigenvalue weighted by Crippen LogP contribution is -2.49. The average Bonchev–Trinajstić information content (AvgIpc) is 3.43. The Morgan fingerprint density at radius 2 is 2.03 bits per heavy atom. The molecule has 0 bridgehead atoms. The lowest BCUT2D eigenvalue weighted by molar-refractivity contribution is -0.131. The number of piperidine rings is 1. The number of hydrogen-bond donors (Lipinski definition) is 2. The number of likely N-dealkylation sites (tertiary alicyclic amines) is 1. The molecule has 2 N–H and O–H groups in total. The number of carbonyl (C=O) groups is 1. The third kappa shape index (κ3) is 4.33. The second-order valence-corrected chi connectivity index (χ2v) is 8.42. The van der Waals surface area contributed by atoms with Crippen LogP contribution in [-0.2, 0) is 11.2 Å². The van der Waals surface area contributed by atoms with Crippen molar-refractivity contribution in [2.75, 3.05) is 30.8 Å². The third-order valence-corrected chi connectivity index (χ3v) is 6.14. The number of anilines is 2. The summed E-state index contributed by atoms with van der Waals surface area (Å²) >= 11 is 0. The predicted molar refractivity (Wildman–Crippen MR) is 123 cm³/mol. The number of carbonyl (C=O) groups excluding carboxylic acids is 1. The summed E-state index contributed by atoms with van der Waals surface area (Å²) in [5.74, 6) is 0.582. The quantitative estimate of drug-likeness (QED) is 0.431. The number of halogens is 3. The van der Waals surface area contributed by atoms with E-state index < -0.39 is 25.1 Å². The fraction of sp³-hybridized carbons (Fsp3) is 0.409. The van der Waals surface area contributed by atoms with E-state index in [4.69, 9.17) is 0 Å². The van der Waals surface area contributed by atoms with Crippen molar-refractivity contribution < 1.29 is 18.0 Å². The van der Waals surface area contributed by atoms with Gasteiger partial charge in [-0.2, -0.15) is 10.1 Å². The van der Waals surface area contributed by atoms with Crippen molar-refractivity contribution in [1.29, 1.82) is 0 Å². The van der Waals surface area contributed by atoms with Gasteiger partial charge in [0.15, 0.2) is 11.5 Å². The molecule has 2 atom stereocenters. The fourth-order valence-electron chi connectivity index (χ4n) is 4.36. The van der Waals surface area contributed by atoms with E-state index in [-0.39, 0.29) is 18.4 Å². The molecule has 1 fully saturated rings. The molecule has 1 saturated heterocycles. The Morgan fingerprint density at radius 3 is 2.74 bits per heavy atom. The Bertz CT molecular complexity index is 1390. The number of nitrogens with one attached hydrogen (secondary N) is 2. The first-order chi connectivity index (χ1) is 16.8. The lowest BCUT2D eigenvalue weighted by Gasteiger charge is -2.34. The van der Waals surface area contributed by atoms with Crippen LogP contribution in [0.25, 0.3) is 22.4 Å². The molecule has 5 heterocycles. The van der Waals surface area contributed by atoms with E-state index >= 15 is 0 Å². The number of alkyl halides is 3. The van der Waals surface area contributed by atoms with E-state index in [0.717, 1.165) is 0 Å². The van der Waals surface area contributed by atoms with Crippen LogP contribution in [0.4, 0.5) is 24.9 Å². The van der Waals surface area contributed by atoms with E-state index in [1.54, 1.807) is 36.1 Å². The van der Waals surface area contributed by atoms with Crippen molar-refractivity contribution >= 4 is 28.8 Å². The highest BCUT2D eigenvalue weighted by Gasteiger charge is 2.31. The van der Waals surface area contributed by atoms with Gasteiger partial charge in [0, 0.05) is 50.5 Å². The maximum atomic E-state index is 14.7. The molecular formula is C22H24F3N9O. The summed E-state index contributed by atoms with van der Waals surface area (Å²) in [6, 6.07) is 3.02. The topological polar surface area (TPSA) is 105 Å². The molecule has 0 unspecified atom stereocenters. The minimum Gasteiger partial charge on any atom is -0.371 e. The van der Waals surface area contributed by atoms with Crippen LogP contribution in [-0.4, -0.2) is 78.8 Å². The summed E-state index contributed by atoms with van der Waals surface area (Å²) < 4.78 is 43.7. The van der Waals surface area contributed by atoms with Gasteiger partial charge in [0.2, 0.25) is 18.3 Å². The molecule has 1 amide bonds. The zero-order valence-electron chi connectivity index (χ0n) is 19.1. The van der Waals surface area contributed by atoms with Crippen molar-refractivity contribution in [2.24, 2.45) is 0 Å². The Kier molecular flexibility index (Phi) is 5.91. The van der Waals surface area contributed by atoms with Crippen molar-refractivity contribution in [1.82, 2.24) is 34.1 Å². The van der Waals surface area contributed by atoms with Gasteiger partial charge in [-0.15, -0.1) is 5.10 Å². The number of rotatable bonds is 6. The number of hydrogen-bond acceptors (Lipinski definition) is 7. The van der Waals surface area contributed by atoms with Gasteiger partial charge < -0.3 is 15.5 Å². The number of fused-ring (bicyclic) bond motifs is 2. The summed E-state index contributed by atoms with van der Waals surface area (Å²) in [6.07, 6.45) is 1.04. The summed E-state index contributed by atoms with van der Waals surface area (Å²) in [7, 11) is 1.71. The lowest BCUT2D eigenvalue weighted by atomic mass is 10.0. The van der Waals surface area contributed by atoms with Gasteiger partial charge in [0.1, 0.15) is 11.7 Å². The summed E-state index contributed by atoms with van der Waals surface area (Å²) in [6.45, 7) is 1.91. The minimum atomic E-state index is -2.50. The van der Waals surface area contributed by atoms with Gasteiger partial charge in [0.05, 0.1) is 24.5 Å². The van der Waals surface area contributed by atoms with E-state index in [9.17, 15) is 18.0 Å². The molecule has 4 aromatic rings. The Labute approximate surface area is 198 Å². The van der Waals surface area contributed by atoms with Crippen molar-refractivity contribution in [3.63, 3.8) is 0 Å². The van der Waals surface area contributed by atoms with Crippen LogP contribution in [0, 0.1) is 0 Å². The Hall–Kier alpha value is -3.90. The zero-order valence-corrected chi connectivity index (χ0v) is 19.1. The van der Waals surface area contributed by atoms with Crippen LogP contribution in [0.2, 0.25) is 0 Å². The molecule has 0 aliphatic carbocycles. The van der Waals surface area contributed by atoms with Gasteiger partial charge in [-0.05, 0) is 18.6 Å². The molecule has 0 spiro atoms. The first-order valence-electron chi connectivity index (χ1n) is 11.2. The molecule has 13 heteroatoms. The number of nitrogens with zero attached hydrogens (tertiary/aromatic N) is 7. The second-order valence-electron chi connectivity index (χ2n) is 8.42. The largest absolute Gasteiger partial charge is 0.371 e. The number of aromatic nitrogens is 6. The van der Waals surface area contributed by atoms with Crippen molar-refractivity contribution in [3.05, 3.63) is 36.3 Å². The first kappa shape index (κ1) is 22.9. The van der Waals surface area contributed by atoms with Gasteiger partial charge in [-0.1, -0.05) is 0 Å². The fourth-order valence-corrected chi connectivity index (χ4v) is 4.36. The standard InChI is InChI=1S/C22H24F3N9O/c1-12(35)32-6-4-17(15(23)11-32)29-22-30-20(26-2)19-14(3-7-33(19)31-22)16-5-8-34-21(28-16)13(10-27-34)9-18(24)25/h3,5,7-8,10,15,17-18H,4,6,9,11H2,1-2H3,(H2,26,29,30,31)/t15-,17+/m1/s1. The maximum Gasteiger partial charge on any atom is 0.243 e. The first-order valence-corrected chi connectivity index (χ1v) is 11.2. The molecular weight excluding hydrogens is 463 g/mol. The van der Waals surface area contributed by atoms with Crippen molar-refractivity contribution in [3.8, 4) is 11.3 Å². The highest BCUT2D eigenvalue weighted by Crippen LogP contribution is 2.30. The van der Waals surface area contributed by atoms with E-state index in [1.807, 2.05) is 0 Å². The zero-order chi connectivity index (χ0) is 24.7. The normalized spacial score (nSPS) is 18.5. The number of amides is 1. The van der Waals surface area contributed by atoms with E-state index in [1.165, 1.54) is 22.5 Å². The molecule has 184 valence electrons. The molecule has 1 aliphatic heterocycles. The SMILES string of the molecule is CNc1nc(N[C@H]2CCN(C(C)=O)C[C@H]2F)nn2ccc(-c3ccn4ncc(CC(F)F)c4n3)c12.